The van der Waals surface area contributed by atoms with E-state index in [-0.39, 0.29) is 0 Å². The molecule has 1 aliphatic rings. The average Bonchev–Trinajstić information content (AvgIpc) is 2.84. The summed E-state index contributed by atoms with van der Waals surface area (Å²) in [6.45, 7) is 1.89. The van der Waals surface area contributed by atoms with Crippen molar-refractivity contribution in [3.8, 4) is 0 Å². The van der Waals surface area contributed by atoms with Gasteiger partial charge in [0.1, 0.15) is 5.82 Å². The average molecular weight is 293 g/mol. The maximum Gasteiger partial charge on any atom is 0.111 e. The van der Waals surface area contributed by atoms with Crippen molar-refractivity contribution in [3.05, 3.63) is 30.1 Å². The molecule has 1 aromatic carbocycles. The number of aromatic nitrogens is 2. The number of halogens is 1. The van der Waals surface area contributed by atoms with Crippen molar-refractivity contribution >= 4 is 22.6 Å². The highest BCUT2D eigenvalue weighted by Crippen LogP contribution is 2.21. The van der Waals surface area contributed by atoms with Crippen LogP contribution < -0.4 is 0 Å². The molecule has 0 N–H and O–H groups in total. The molecule has 2 heterocycles. The third kappa shape index (κ3) is 2.99. The summed E-state index contributed by atoms with van der Waals surface area (Å²) in [4.78, 5) is 4.70. The quantitative estimate of drug-likeness (QED) is 0.784. The lowest BCUT2D eigenvalue weighted by Gasteiger charge is -2.23. The lowest BCUT2D eigenvalue weighted by Crippen LogP contribution is -2.21. The van der Waals surface area contributed by atoms with Crippen LogP contribution in [0, 0.1) is 0 Å². The SMILES string of the molecule is ClCCc1nc2ccccc2n1CCC1CCCCO1. The van der Waals surface area contributed by atoms with Crippen LogP contribution in [0.5, 0.6) is 0 Å². The second kappa shape index (κ2) is 6.59. The van der Waals surface area contributed by atoms with E-state index in [1.54, 1.807) is 0 Å². The molecule has 1 fully saturated rings. The molecule has 1 saturated heterocycles. The zero-order chi connectivity index (χ0) is 13.8. The molecule has 1 aliphatic heterocycles. The third-order valence-corrected chi connectivity index (χ3v) is 4.19. The van der Waals surface area contributed by atoms with E-state index in [9.17, 15) is 0 Å². The minimum atomic E-state index is 0.411. The number of alkyl halides is 1. The van der Waals surface area contributed by atoms with E-state index >= 15 is 0 Å². The first kappa shape index (κ1) is 13.9. The summed E-state index contributed by atoms with van der Waals surface area (Å²) in [7, 11) is 0. The van der Waals surface area contributed by atoms with E-state index in [2.05, 4.69) is 22.8 Å². The Morgan fingerprint density at radius 3 is 3.00 bits per heavy atom. The number of benzene rings is 1. The van der Waals surface area contributed by atoms with Gasteiger partial charge in [0.05, 0.1) is 17.1 Å². The number of rotatable bonds is 5. The van der Waals surface area contributed by atoms with Crippen LogP contribution in [0.25, 0.3) is 11.0 Å². The van der Waals surface area contributed by atoms with Gasteiger partial charge < -0.3 is 9.30 Å². The highest BCUT2D eigenvalue weighted by atomic mass is 35.5. The normalized spacial score (nSPS) is 19.6. The fourth-order valence-corrected chi connectivity index (χ4v) is 3.13. The standard InChI is InChI=1S/C16H21ClN2O/c17-10-8-16-18-14-6-1-2-7-15(14)19(16)11-9-13-5-3-4-12-20-13/h1-2,6-7,13H,3-5,8-12H2. The minimum Gasteiger partial charge on any atom is -0.378 e. The van der Waals surface area contributed by atoms with Crippen molar-refractivity contribution in [2.24, 2.45) is 0 Å². The van der Waals surface area contributed by atoms with Crippen LogP contribution in [0.1, 0.15) is 31.5 Å². The Hall–Kier alpha value is -1.06. The van der Waals surface area contributed by atoms with Gasteiger partial charge in [0.2, 0.25) is 0 Å². The van der Waals surface area contributed by atoms with Crippen LogP contribution in [0.3, 0.4) is 0 Å². The van der Waals surface area contributed by atoms with E-state index in [0.717, 1.165) is 37.3 Å². The highest BCUT2D eigenvalue weighted by molar-refractivity contribution is 6.17. The molecule has 108 valence electrons. The summed E-state index contributed by atoms with van der Waals surface area (Å²) in [5.74, 6) is 1.71. The first-order valence-corrected chi connectivity index (χ1v) is 8.03. The largest absolute Gasteiger partial charge is 0.378 e. The molecule has 1 unspecified atom stereocenters. The predicted molar refractivity (Wildman–Crippen MR) is 82.4 cm³/mol. The van der Waals surface area contributed by atoms with Crippen molar-refractivity contribution in [1.29, 1.82) is 0 Å². The van der Waals surface area contributed by atoms with Crippen LogP contribution in [0.2, 0.25) is 0 Å². The fourth-order valence-electron chi connectivity index (χ4n) is 2.96. The maximum atomic E-state index is 5.91. The van der Waals surface area contributed by atoms with Gasteiger partial charge in [-0.3, -0.25) is 0 Å². The van der Waals surface area contributed by atoms with E-state index in [1.165, 1.54) is 24.8 Å². The monoisotopic (exact) mass is 292 g/mol. The second-order valence-electron chi connectivity index (χ2n) is 5.38. The highest BCUT2D eigenvalue weighted by Gasteiger charge is 2.16. The fraction of sp³-hybridized carbons (Fsp3) is 0.562. The Kier molecular flexibility index (Phi) is 4.58. The molecule has 3 nitrogen and oxygen atoms in total. The molecule has 0 aliphatic carbocycles. The molecular weight excluding hydrogens is 272 g/mol. The Morgan fingerprint density at radius 2 is 2.20 bits per heavy atom. The minimum absolute atomic E-state index is 0.411. The Morgan fingerprint density at radius 1 is 1.30 bits per heavy atom. The summed E-state index contributed by atoms with van der Waals surface area (Å²) in [5.41, 5.74) is 2.28. The van der Waals surface area contributed by atoms with Gasteiger partial charge in [-0.25, -0.2) is 4.98 Å². The molecule has 0 saturated carbocycles. The number of nitrogens with zero attached hydrogens (tertiary/aromatic N) is 2. The van der Waals surface area contributed by atoms with Gasteiger partial charge in [0, 0.05) is 25.5 Å². The number of imidazole rings is 1. The summed E-state index contributed by atoms with van der Waals surface area (Å²) in [5, 5.41) is 0. The molecule has 0 bridgehead atoms. The number of hydrogen-bond donors (Lipinski definition) is 0. The summed E-state index contributed by atoms with van der Waals surface area (Å²) in [6, 6.07) is 8.32. The van der Waals surface area contributed by atoms with Crippen molar-refractivity contribution in [2.75, 3.05) is 12.5 Å². The maximum absolute atomic E-state index is 5.91. The van der Waals surface area contributed by atoms with Crippen LogP contribution in [-0.4, -0.2) is 28.1 Å². The molecule has 3 rings (SSSR count). The zero-order valence-electron chi connectivity index (χ0n) is 11.7. The zero-order valence-corrected chi connectivity index (χ0v) is 12.5. The van der Waals surface area contributed by atoms with Gasteiger partial charge in [0.15, 0.2) is 0 Å². The molecule has 1 aromatic heterocycles. The van der Waals surface area contributed by atoms with Crippen LogP contribution in [0.15, 0.2) is 24.3 Å². The number of fused-ring (bicyclic) bond motifs is 1. The number of ether oxygens (including phenoxy) is 1. The Labute approximate surface area is 124 Å². The van der Waals surface area contributed by atoms with Crippen LogP contribution in [-0.2, 0) is 17.7 Å². The van der Waals surface area contributed by atoms with E-state index in [1.807, 2.05) is 6.07 Å². The molecule has 20 heavy (non-hydrogen) atoms. The van der Waals surface area contributed by atoms with Gasteiger partial charge >= 0.3 is 0 Å². The van der Waals surface area contributed by atoms with Crippen molar-refractivity contribution < 1.29 is 4.74 Å². The molecule has 0 amide bonds. The number of para-hydroxylation sites is 2. The van der Waals surface area contributed by atoms with Crippen LogP contribution >= 0.6 is 11.6 Å². The third-order valence-electron chi connectivity index (χ3n) is 4.00. The van der Waals surface area contributed by atoms with Crippen molar-refractivity contribution in [2.45, 2.75) is 44.8 Å². The Balaban J connectivity index is 1.79. The van der Waals surface area contributed by atoms with Gasteiger partial charge in [-0.15, -0.1) is 11.6 Å². The molecule has 0 radical (unpaired) electrons. The predicted octanol–water partition coefficient (Wildman–Crippen LogP) is 3.78. The second-order valence-corrected chi connectivity index (χ2v) is 5.76. The van der Waals surface area contributed by atoms with E-state index in [0.29, 0.717) is 12.0 Å². The van der Waals surface area contributed by atoms with Gasteiger partial charge in [0.25, 0.3) is 0 Å². The molecule has 1 atom stereocenters. The smallest absolute Gasteiger partial charge is 0.111 e. The number of aryl methyl sites for hydroxylation is 2. The van der Waals surface area contributed by atoms with Gasteiger partial charge in [-0.1, -0.05) is 12.1 Å². The lowest BCUT2D eigenvalue weighted by molar-refractivity contribution is 0.00887. The van der Waals surface area contributed by atoms with Gasteiger partial charge in [-0.2, -0.15) is 0 Å². The lowest BCUT2D eigenvalue weighted by atomic mass is 10.1. The first-order valence-electron chi connectivity index (χ1n) is 7.50. The Bertz CT molecular complexity index is 561. The molecule has 0 spiro atoms. The topological polar surface area (TPSA) is 27.1 Å². The summed E-state index contributed by atoms with van der Waals surface area (Å²) in [6.07, 6.45) is 5.99. The van der Waals surface area contributed by atoms with E-state index in [4.69, 9.17) is 21.3 Å². The molecular formula is C16H21ClN2O. The van der Waals surface area contributed by atoms with Gasteiger partial charge in [-0.05, 0) is 37.8 Å². The van der Waals surface area contributed by atoms with Crippen LogP contribution in [0.4, 0.5) is 0 Å². The first-order chi connectivity index (χ1) is 9.88. The van der Waals surface area contributed by atoms with Crippen molar-refractivity contribution in [3.63, 3.8) is 0 Å². The number of hydrogen-bond acceptors (Lipinski definition) is 2. The molecule has 2 aromatic rings. The van der Waals surface area contributed by atoms with E-state index < -0.39 is 0 Å². The van der Waals surface area contributed by atoms with Crippen molar-refractivity contribution in [1.82, 2.24) is 9.55 Å². The summed E-state index contributed by atoms with van der Waals surface area (Å²) >= 11 is 5.91. The summed E-state index contributed by atoms with van der Waals surface area (Å²) < 4.78 is 8.14. The molecule has 4 heteroatoms.